The second kappa shape index (κ2) is 6.30. The predicted octanol–water partition coefficient (Wildman–Crippen LogP) is 3.60. The van der Waals surface area contributed by atoms with Crippen molar-refractivity contribution in [3.63, 3.8) is 0 Å². The van der Waals surface area contributed by atoms with Crippen LogP contribution in [-0.2, 0) is 0 Å². The van der Waals surface area contributed by atoms with Crippen molar-refractivity contribution in [3.05, 3.63) is 54.2 Å². The molecule has 5 heteroatoms. The predicted molar refractivity (Wildman–Crippen MR) is 86.3 cm³/mol. The summed E-state index contributed by atoms with van der Waals surface area (Å²) < 4.78 is 5.50. The summed E-state index contributed by atoms with van der Waals surface area (Å²) in [5, 5.41) is 10.7. The van der Waals surface area contributed by atoms with Gasteiger partial charge in [-0.05, 0) is 48.9 Å². The number of carbonyl (C=O) groups excluding carboxylic acids is 1. The van der Waals surface area contributed by atoms with Crippen molar-refractivity contribution in [2.75, 3.05) is 11.9 Å². The van der Waals surface area contributed by atoms with Crippen molar-refractivity contribution >= 4 is 22.5 Å². The first-order valence-corrected chi connectivity index (χ1v) is 7.23. The van der Waals surface area contributed by atoms with Crippen molar-refractivity contribution in [1.82, 2.24) is 10.2 Å². The van der Waals surface area contributed by atoms with Crippen LogP contribution in [-0.4, -0.2) is 22.7 Å². The van der Waals surface area contributed by atoms with E-state index in [0.29, 0.717) is 12.2 Å². The van der Waals surface area contributed by atoms with E-state index < -0.39 is 0 Å². The molecule has 0 aliphatic rings. The van der Waals surface area contributed by atoms with Crippen LogP contribution in [0.5, 0.6) is 5.75 Å². The standard InChI is InChI=1S/C17H17N3O2/c1-2-9-22-15-7-4-12(5-8-15)17(21)19-14-6-3-13-11-18-20-16(13)10-14/h3-8,10-11H,2,9H2,1H3,(H,18,20)(H,19,21). The summed E-state index contributed by atoms with van der Waals surface area (Å²) in [6.07, 6.45) is 2.70. The van der Waals surface area contributed by atoms with Crippen LogP contribution in [0.3, 0.4) is 0 Å². The zero-order chi connectivity index (χ0) is 15.4. The van der Waals surface area contributed by atoms with Gasteiger partial charge in [-0.15, -0.1) is 0 Å². The molecule has 0 aliphatic carbocycles. The van der Waals surface area contributed by atoms with Crippen LogP contribution in [0.1, 0.15) is 23.7 Å². The number of benzene rings is 2. The van der Waals surface area contributed by atoms with Gasteiger partial charge in [0.05, 0.1) is 18.3 Å². The Morgan fingerprint density at radius 3 is 2.82 bits per heavy atom. The van der Waals surface area contributed by atoms with Crippen molar-refractivity contribution in [3.8, 4) is 5.75 Å². The number of hydrogen-bond acceptors (Lipinski definition) is 3. The summed E-state index contributed by atoms with van der Waals surface area (Å²) in [7, 11) is 0. The van der Waals surface area contributed by atoms with E-state index in [4.69, 9.17) is 4.74 Å². The van der Waals surface area contributed by atoms with Crippen LogP contribution in [0.25, 0.3) is 10.9 Å². The minimum Gasteiger partial charge on any atom is -0.494 e. The van der Waals surface area contributed by atoms with Crippen LogP contribution >= 0.6 is 0 Å². The summed E-state index contributed by atoms with van der Waals surface area (Å²) in [6, 6.07) is 12.8. The van der Waals surface area contributed by atoms with Gasteiger partial charge in [-0.1, -0.05) is 6.92 Å². The first-order chi connectivity index (χ1) is 10.8. The molecule has 0 saturated carbocycles. The molecule has 22 heavy (non-hydrogen) atoms. The van der Waals surface area contributed by atoms with Gasteiger partial charge in [0.25, 0.3) is 5.91 Å². The van der Waals surface area contributed by atoms with Crippen molar-refractivity contribution < 1.29 is 9.53 Å². The molecule has 0 atom stereocenters. The van der Waals surface area contributed by atoms with Crippen LogP contribution in [0, 0.1) is 0 Å². The first kappa shape index (κ1) is 14.1. The number of nitrogens with zero attached hydrogens (tertiary/aromatic N) is 1. The molecule has 5 nitrogen and oxygen atoms in total. The van der Waals surface area contributed by atoms with Crippen molar-refractivity contribution in [2.45, 2.75) is 13.3 Å². The highest BCUT2D eigenvalue weighted by atomic mass is 16.5. The first-order valence-electron chi connectivity index (χ1n) is 7.23. The number of H-pyrrole nitrogens is 1. The molecule has 1 amide bonds. The molecule has 1 aromatic heterocycles. The second-order valence-corrected chi connectivity index (χ2v) is 5.00. The number of amides is 1. The van der Waals surface area contributed by atoms with E-state index in [0.717, 1.165) is 28.8 Å². The van der Waals surface area contributed by atoms with E-state index >= 15 is 0 Å². The molecular weight excluding hydrogens is 278 g/mol. The number of aromatic nitrogens is 2. The number of fused-ring (bicyclic) bond motifs is 1. The maximum absolute atomic E-state index is 12.2. The van der Waals surface area contributed by atoms with Crippen LogP contribution in [0.4, 0.5) is 5.69 Å². The third-order valence-electron chi connectivity index (χ3n) is 3.29. The van der Waals surface area contributed by atoms with E-state index in [-0.39, 0.29) is 5.91 Å². The summed E-state index contributed by atoms with van der Waals surface area (Å²) in [5.74, 6) is 0.623. The van der Waals surface area contributed by atoms with Crippen LogP contribution in [0.15, 0.2) is 48.7 Å². The Bertz CT molecular complexity index is 778. The molecule has 0 radical (unpaired) electrons. The number of carbonyl (C=O) groups is 1. The Hall–Kier alpha value is -2.82. The molecule has 1 heterocycles. The normalized spacial score (nSPS) is 10.6. The van der Waals surface area contributed by atoms with E-state index in [1.807, 2.05) is 30.3 Å². The Kier molecular flexibility index (Phi) is 4.05. The van der Waals surface area contributed by atoms with Gasteiger partial charge < -0.3 is 10.1 Å². The molecule has 0 bridgehead atoms. The molecule has 0 aliphatic heterocycles. The molecule has 3 rings (SSSR count). The van der Waals surface area contributed by atoms with Gasteiger partial charge in [-0.3, -0.25) is 9.89 Å². The number of hydrogen-bond donors (Lipinski definition) is 2. The summed E-state index contributed by atoms with van der Waals surface area (Å²) in [4.78, 5) is 12.2. The van der Waals surface area contributed by atoms with Gasteiger partial charge in [0.1, 0.15) is 5.75 Å². The minimum atomic E-state index is -0.152. The smallest absolute Gasteiger partial charge is 0.255 e. The van der Waals surface area contributed by atoms with Gasteiger partial charge in [0.2, 0.25) is 0 Å². The molecule has 112 valence electrons. The highest BCUT2D eigenvalue weighted by Crippen LogP contribution is 2.18. The lowest BCUT2D eigenvalue weighted by Gasteiger charge is -2.07. The SMILES string of the molecule is CCCOc1ccc(C(=O)Nc2ccc3cn[nH]c3c2)cc1. The zero-order valence-electron chi connectivity index (χ0n) is 12.3. The van der Waals surface area contributed by atoms with E-state index in [1.165, 1.54) is 0 Å². The topological polar surface area (TPSA) is 67.0 Å². The lowest BCUT2D eigenvalue weighted by Crippen LogP contribution is -2.11. The summed E-state index contributed by atoms with van der Waals surface area (Å²) >= 11 is 0. The highest BCUT2D eigenvalue weighted by molar-refractivity contribution is 6.05. The minimum absolute atomic E-state index is 0.152. The largest absolute Gasteiger partial charge is 0.494 e. The molecule has 3 aromatic rings. The van der Waals surface area contributed by atoms with Gasteiger partial charge >= 0.3 is 0 Å². The fourth-order valence-corrected chi connectivity index (χ4v) is 2.14. The maximum atomic E-state index is 12.2. The highest BCUT2D eigenvalue weighted by Gasteiger charge is 2.07. The molecule has 0 fully saturated rings. The summed E-state index contributed by atoms with van der Waals surface area (Å²) in [5.41, 5.74) is 2.21. The van der Waals surface area contributed by atoms with Crippen LogP contribution in [0.2, 0.25) is 0 Å². The number of ether oxygens (including phenoxy) is 1. The van der Waals surface area contributed by atoms with Crippen molar-refractivity contribution in [1.29, 1.82) is 0 Å². The van der Waals surface area contributed by atoms with Gasteiger partial charge in [0, 0.05) is 16.6 Å². The molecule has 2 N–H and O–H groups in total. The third-order valence-corrected chi connectivity index (χ3v) is 3.29. The summed E-state index contributed by atoms with van der Waals surface area (Å²) in [6.45, 7) is 2.73. The third kappa shape index (κ3) is 3.09. The Morgan fingerprint density at radius 1 is 1.23 bits per heavy atom. The van der Waals surface area contributed by atoms with Gasteiger partial charge in [-0.25, -0.2) is 0 Å². The number of anilines is 1. The average molecular weight is 295 g/mol. The molecular formula is C17H17N3O2. The van der Waals surface area contributed by atoms with Crippen molar-refractivity contribution in [2.24, 2.45) is 0 Å². The van der Waals surface area contributed by atoms with E-state index in [1.54, 1.807) is 18.3 Å². The average Bonchev–Trinajstić information content (AvgIpc) is 3.01. The Labute approximate surface area is 128 Å². The fraction of sp³-hybridized carbons (Fsp3) is 0.176. The molecule has 2 aromatic carbocycles. The van der Waals surface area contributed by atoms with Gasteiger partial charge in [-0.2, -0.15) is 5.10 Å². The molecule has 0 unspecified atom stereocenters. The zero-order valence-corrected chi connectivity index (χ0v) is 12.3. The monoisotopic (exact) mass is 295 g/mol. The van der Waals surface area contributed by atoms with Gasteiger partial charge in [0.15, 0.2) is 0 Å². The van der Waals surface area contributed by atoms with Crippen LogP contribution < -0.4 is 10.1 Å². The lowest BCUT2D eigenvalue weighted by atomic mass is 10.2. The number of nitrogens with one attached hydrogen (secondary N) is 2. The maximum Gasteiger partial charge on any atom is 0.255 e. The van der Waals surface area contributed by atoms with E-state index in [2.05, 4.69) is 22.4 Å². The molecule has 0 spiro atoms. The lowest BCUT2D eigenvalue weighted by molar-refractivity contribution is 0.102. The van der Waals surface area contributed by atoms with E-state index in [9.17, 15) is 4.79 Å². The second-order valence-electron chi connectivity index (χ2n) is 5.00. The Balaban J connectivity index is 1.70. The number of aromatic amines is 1. The fourth-order valence-electron chi connectivity index (χ4n) is 2.14. The number of rotatable bonds is 5. The molecule has 0 saturated heterocycles. The quantitative estimate of drug-likeness (QED) is 0.755. The Morgan fingerprint density at radius 2 is 2.05 bits per heavy atom.